The van der Waals surface area contributed by atoms with Crippen molar-refractivity contribution in [3.05, 3.63) is 28.8 Å². The molecule has 2 rings (SSSR count). The molecule has 1 aromatic carbocycles. The highest BCUT2D eigenvalue weighted by Crippen LogP contribution is 2.22. The first kappa shape index (κ1) is 13.2. The van der Waals surface area contributed by atoms with Crippen molar-refractivity contribution in [3.63, 3.8) is 0 Å². The highest BCUT2D eigenvalue weighted by molar-refractivity contribution is 6.33. The molecule has 98 valence electrons. The van der Waals surface area contributed by atoms with Crippen LogP contribution in [0.15, 0.2) is 18.2 Å². The normalized spacial score (nSPS) is 24.1. The first-order chi connectivity index (χ1) is 8.49. The van der Waals surface area contributed by atoms with Gasteiger partial charge < -0.3 is 15.4 Å². The van der Waals surface area contributed by atoms with Crippen molar-refractivity contribution in [1.82, 2.24) is 4.90 Å². The molecule has 1 aromatic rings. The summed E-state index contributed by atoms with van der Waals surface area (Å²) in [4.78, 5) is 14.2. The van der Waals surface area contributed by atoms with Gasteiger partial charge in [-0.15, -0.1) is 0 Å². The van der Waals surface area contributed by atoms with Crippen molar-refractivity contribution in [2.75, 3.05) is 18.9 Å². The fourth-order valence-electron chi connectivity index (χ4n) is 2.01. The molecule has 0 aliphatic carbocycles. The van der Waals surface area contributed by atoms with E-state index in [0.717, 1.165) is 0 Å². The van der Waals surface area contributed by atoms with Gasteiger partial charge in [-0.05, 0) is 32.0 Å². The number of ether oxygens (including phenoxy) is 1. The van der Waals surface area contributed by atoms with E-state index in [2.05, 4.69) is 0 Å². The number of nitrogen functional groups attached to an aromatic ring is 1. The molecule has 0 aromatic heterocycles. The fraction of sp³-hybridized carbons (Fsp3) is 0.462. The largest absolute Gasteiger partial charge is 0.398 e. The predicted molar refractivity (Wildman–Crippen MR) is 71.8 cm³/mol. The summed E-state index contributed by atoms with van der Waals surface area (Å²) < 4.78 is 5.51. The Kier molecular flexibility index (Phi) is 3.78. The van der Waals surface area contributed by atoms with Gasteiger partial charge in [-0.25, -0.2) is 0 Å². The van der Waals surface area contributed by atoms with Crippen LogP contribution in [0.2, 0.25) is 5.02 Å². The number of morpholine rings is 1. The maximum atomic E-state index is 12.4. The average molecular weight is 269 g/mol. The second-order valence-corrected chi connectivity index (χ2v) is 5.09. The Morgan fingerprint density at radius 2 is 2.22 bits per heavy atom. The van der Waals surface area contributed by atoms with E-state index in [9.17, 15) is 4.79 Å². The van der Waals surface area contributed by atoms with E-state index in [1.54, 1.807) is 18.2 Å². The third-order valence-electron chi connectivity index (χ3n) is 3.12. The molecular formula is C13H17ClN2O2. The number of nitrogens with two attached hydrogens (primary N) is 1. The first-order valence-corrected chi connectivity index (χ1v) is 6.34. The van der Waals surface area contributed by atoms with E-state index in [0.29, 0.717) is 29.4 Å². The zero-order chi connectivity index (χ0) is 13.3. The molecule has 4 nitrogen and oxygen atoms in total. The number of nitrogens with zero attached hydrogens (tertiary/aromatic N) is 1. The van der Waals surface area contributed by atoms with Gasteiger partial charge in [-0.1, -0.05) is 11.6 Å². The first-order valence-electron chi connectivity index (χ1n) is 5.96. The minimum atomic E-state index is -0.0282. The van der Waals surface area contributed by atoms with Crippen LogP contribution in [-0.2, 0) is 4.74 Å². The summed E-state index contributed by atoms with van der Waals surface area (Å²) in [5.41, 5.74) is 6.69. The smallest absolute Gasteiger partial charge is 0.254 e. The second-order valence-electron chi connectivity index (χ2n) is 4.69. The third kappa shape index (κ3) is 2.60. The topological polar surface area (TPSA) is 55.6 Å². The lowest BCUT2D eigenvalue weighted by Gasteiger charge is -2.36. The highest BCUT2D eigenvalue weighted by atomic mass is 35.5. The van der Waals surface area contributed by atoms with E-state index < -0.39 is 0 Å². The maximum Gasteiger partial charge on any atom is 0.254 e. The van der Waals surface area contributed by atoms with Crippen LogP contribution in [0, 0.1) is 0 Å². The summed E-state index contributed by atoms with van der Waals surface area (Å²) in [6.45, 7) is 5.10. The molecule has 1 amide bonds. The Morgan fingerprint density at radius 3 is 2.89 bits per heavy atom. The van der Waals surface area contributed by atoms with Gasteiger partial charge in [0.1, 0.15) is 0 Å². The molecule has 5 heteroatoms. The lowest BCUT2D eigenvalue weighted by molar-refractivity contribution is -0.0387. The summed E-state index contributed by atoms with van der Waals surface area (Å²) in [7, 11) is 0. The van der Waals surface area contributed by atoms with E-state index in [1.165, 1.54) is 0 Å². The van der Waals surface area contributed by atoms with Gasteiger partial charge in [-0.3, -0.25) is 4.79 Å². The predicted octanol–water partition coefficient (Wildman–Crippen LogP) is 2.17. The quantitative estimate of drug-likeness (QED) is 0.794. The standard InChI is InChI=1S/C13H17ClN2O2/c1-8-7-18-9(2)6-16(8)13(17)10-3-4-12(15)11(14)5-10/h3-5,8-9H,6-7,15H2,1-2H3. The Morgan fingerprint density at radius 1 is 1.50 bits per heavy atom. The molecular weight excluding hydrogens is 252 g/mol. The minimum Gasteiger partial charge on any atom is -0.398 e. The average Bonchev–Trinajstić information content (AvgIpc) is 2.35. The number of hydrogen-bond donors (Lipinski definition) is 1. The number of rotatable bonds is 1. The zero-order valence-corrected chi connectivity index (χ0v) is 11.3. The number of hydrogen-bond acceptors (Lipinski definition) is 3. The molecule has 0 radical (unpaired) electrons. The van der Waals surface area contributed by atoms with Crippen LogP contribution >= 0.6 is 11.6 Å². The Balaban J connectivity index is 2.21. The van der Waals surface area contributed by atoms with Crippen molar-refractivity contribution >= 4 is 23.2 Å². The van der Waals surface area contributed by atoms with E-state index >= 15 is 0 Å². The summed E-state index contributed by atoms with van der Waals surface area (Å²) in [6, 6.07) is 5.05. The second kappa shape index (κ2) is 5.16. The fourth-order valence-corrected chi connectivity index (χ4v) is 2.19. The van der Waals surface area contributed by atoms with E-state index in [1.807, 2.05) is 18.7 Å². The molecule has 2 atom stereocenters. The summed E-state index contributed by atoms with van der Waals surface area (Å²) in [5.74, 6) is -0.0282. The minimum absolute atomic E-state index is 0.0282. The number of anilines is 1. The third-order valence-corrected chi connectivity index (χ3v) is 3.44. The van der Waals surface area contributed by atoms with Crippen molar-refractivity contribution in [2.45, 2.75) is 26.0 Å². The lowest BCUT2D eigenvalue weighted by atomic mass is 10.1. The van der Waals surface area contributed by atoms with Gasteiger partial charge in [0.15, 0.2) is 0 Å². The molecule has 0 bridgehead atoms. The van der Waals surface area contributed by atoms with Crippen LogP contribution in [-0.4, -0.2) is 36.1 Å². The van der Waals surface area contributed by atoms with Crippen molar-refractivity contribution in [3.8, 4) is 0 Å². The van der Waals surface area contributed by atoms with Gasteiger partial charge in [0.05, 0.1) is 29.5 Å². The van der Waals surface area contributed by atoms with Crippen LogP contribution < -0.4 is 5.73 Å². The van der Waals surface area contributed by atoms with Crippen molar-refractivity contribution < 1.29 is 9.53 Å². The Bertz CT molecular complexity index is 464. The number of carbonyl (C=O) groups excluding carboxylic acids is 1. The molecule has 1 heterocycles. The molecule has 1 fully saturated rings. The highest BCUT2D eigenvalue weighted by Gasteiger charge is 2.28. The van der Waals surface area contributed by atoms with Crippen molar-refractivity contribution in [2.24, 2.45) is 0 Å². The van der Waals surface area contributed by atoms with Crippen LogP contribution in [0.3, 0.4) is 0 Å². The molecule has 1 aliphatic heterocycles. The van der Waals surface area contributed by atoms with E-state index in [4.69, 9.17) is 22.1 Å². The number of halogens is 1. The number of carbonyl (C=O) groups is 1. The van der Waals surface area contributed by atoms with Crippen LogP contribution in [0.5, 0.6) is 0 Å². The van der Waals surface area contributed by atoms with Gasteiger partial charge in [-0.2, -0.15) is 0 Å². The van der Waals surface area contributed by atoms with E-state index in [-0.39, 0.29) is 18.1 Å². The van der Waals surface area contributed by atoms with Crippen LogP contribution in [0.1, 0.15) is 24.2 Å². The Hall–Kier alpha value is -1.26. The number of benzene rings is 1. The Labute approximate surface area is 112 Å². The van der Waals surface area contributed by atoms with Gasteiger partial charge in [0.25, 0.3) is 5.91 Å². The maximum absolute atomic E-state index is 12.4. The molecule has 0 saturated carbocycles. The van der Waals surface area contributed by atoms with Crippen LogP contribution in [0.4, 0.5) is 5.69 Å². The SMILES string of the molecule is CC1CN(C(=O)c2ccc(N)c(Cl)c2)C(C)CO1. The van der Waals surface area contributed by atoms with Gasteiger partial charge >= 0.3 is 0 Å². The van der Waals surface area contributed by atoms with Crippen LogP contribution in [0.25, 0.3) is 0 Å². The zero-order valence-electron chi connectivity index (χ0n) is 10.5. The van der Waals surface area contributed by atoms with Gasteiger partial charge in [0, 0.05) is 12.1 Å². The number of amides is 1. The summed E-state index contributed by atoms with van der Waals surface area (Å²) >= 11 is 5.94. The molecule has 0 spiro atoms. The molecule has 1 saturated heterocycles. The van der Waals surface area contributed by atoms with Gasteiger partial charge in [0.2, 0.25) is 0 Å². The monoisotopic (exact) mass is 268 g/mol. The van der Waals surface area contributed by atoms with Crippen molar-refractivity contribution in [1.29, 1.82) is 0 Å². The molecule has 2 N–H and O–H groups in total. The molecule has 18 heavy (non-hydrogen) atoms. The molecule has 2 unspecified atom stereocenters. The summed E-state index contributed by atoms with van der Waals surface area (Å²) in [6.07, 6.45) is 0.0643. The summed E-state index contributed by atoms with van der Waals surface area (Å²) in [5, 5.41) is 0.412. The molecule has 1 aliphatic rings. The lowest BCUT2D eigenvalue weighted by Crippen LogP contribution is -2.50.